The maximum atomic E-state index is 12.3. The monoisotopic (exact) mass is 322 g/mol. The SMILES string of the molecule is Cc1nn(Cc2ccccc2)c(C)c1CNC(=O)c1cccn1C. The molecule has 3 aromatic rings. The second-order valence-electron chi connectivity index (χ2n) is 5.98. The van der Waals surface area contributed by atoms with Crippen LogP contribution in [-0.4, -0.2) is 20.3 Å². The third-order valence-corrected chi connectivity index (χ3v) is 4.31. The number of hydrogen-bond donors (Lipinski definition) is 1. The van der Waals surface area contributed by atoms with Crippen molar-refractivity contribution in [3.05, 3.63) is 76.9 Å². The molecule has 5 heteroatoms. The molecular formula is C19H22N4O. The summed E-state index contributed by atoms with van der Waals surface area (Å²) in [5.41, 5.74) is 4.98. The largest absolute Gasteiger partial charge is 0.347 e. The highest BCUT2D eigenvalue weighted by molar-refractivity contribution is 5.92. The van der Waals surface area contributed by atoms with Gasteiger partial charge in [-0.05, 0) is 31.5 Å². The van der Waals surface area contributed by atoms with Crippen LogP contribution in [0.25, 0.3) is 0 Å². The Morgan fingerprint density at radius 3 is 2.54 bits per heavy atom. The first-order valence-electron chi connectivity index (χ1n) is 8.02. The number of hydrogen-bond acceptors (Lipinski definition) is 2. The molecule has 0 bridgehead atoms. The van der Waals surface area contributed by atoms with Crippen molar-refractivity contribution in [2.24, 2.45) is 7.05 Å². The summed E-state index contributed by atoms with van der Waals surface area (Å²) in [6, 6.07) is 13.9. The molecule has 0 saturated heterocycles. The molecule has 1 N–H and O–H groups in total. The van der Waals surface area contributed by atoms with Crippen molar-refractivity contribution in [1.29, 1.82) is 0 Å². The highest BCUT2D eigenvalue weighted by Crippen LogP contribution is 2.15. The van der Waals surface area contributed by atoms with Gasteiger partial charge in [0.15, 0.2) is 0 Å². The summed E-state index contributed by atoms with van der Waals surface area (Å²) in [5.74, 6) is -0.0721. The van der Waals surface area contributed by atoms with Crippen LogP contribution in [0.15, 0.2) is 48.7 Å². The van der Waals surface area contributed by atoms with Gasteiger partial charge < -0.3 is 9.88 Å². The van der Waals surface area contributed by atoms with Crippen LogP contribution in [0, 0.1) is 13.8 Å². The van der Waals surface area contributed by atoms with E-state index in [1.807, 2.05) is 66.7 Å². The van der Waals surface area contributed by atoms with Crippen molar-refractivity contribution in [2.45, 2.75) is 26.9 Å². The van der Waals surface area contributed by atoms with Crippen LogP contribution in [0.2, 0.25) is 0 Å². The summed E-state index contributed by atoms with van der Waals surface area (Å²) in [6.45, 7) is 5.25. The summed E-state index contributed by atoms with van der Waals surface area (Å²) in [4.78, 5) is 12.3. The molecule has 0 saturated carbocycles. The zero-order valence-electron chi connectivity index (χ0n) is 14.3. The van der Waals surface area contributed by atoms with Gasteiger partial charge in [0.25, 0.3) is 5.91 Å². The van der Waals surface area contributed by atoms with Crippen molar-refractivity contribution >= 4 is 5.91 Å². The van der Waals surface area contributed by atoms with Crippen LogP contribution in [0.3, 0.4) is 0 Å². The molecule has 0 atom stereocenters. The maximum absolute atomic E-state index is 12.3. The molecule has 0 spiro atoms. The third-order valence-electron chi connectivity index (χ3n) is 4.31. The van der Waals surface area contributed by atoms with Gasteiger partial charge in [-0.1, -0.05) is 30.3 Å². The molecule has 24 heavy (non-hydrogen) atoms. The van der Waals surface area contributed by atoms with E-state index in [-0.39, 0.29) is 5.91 Å². The lowest BCUT2D eigenvalue weighted by Gasteiger charge is -2.08. The topological polar surface area (TPSA) is 51.9 Å². The molecule has 0 aliphatic heterocycles. The second-order valence-corrected chi connectivity index (χ2v) is 5.98. The summed E-state index contributed by atoms with van der Waals surface area (Å²) >= 11 is 0. The molecule has 0 fully saturated rings. The number of rotatable bonds is 5. The summed E-state index contributed by atoms with van der Waals surface area (Å²) in [5, 5.41) is 7.61. The van der Waals surface area contributed by atoms with Crippen LogP contribution in [-0.2, 0) is 20.1 Å². The van der Waals surface area contributed by atoms with E-state index < -0.39 is 0 Å². The van der Waals surface area contributed by atoms with Gasteiger partial charge in [0.2, 0.25) is 0 Å². The Morgan fingerprint density at radius 1 is 1.12 bits per heavy atom. The molecular weight excluding hydrogens is 300 g/mol. The van der Waals surface area contributed by atoms with Crippen molar-refractivity contribution in [3.8, 4) is 0 Å². The minimum atomic E-state index is -0.0721. The predicted molar refractivity (Wildman–Crippen MR) is 93.8 cm³/mol. The molecule has 0 aliphatic carbocycles. The zero-order chi connectivity index (χ0) is 17.1. The van der Waals surface area contributed by atoms with Gasteiger partial charge in [0.1, 0.15) is 5.69 Å². The number of nitrogens with zero attached hydrogens (tertiary/aromatic N) is 3. The van der Waals surface area contributed by atoms with Gasteiger partial charge in [0.05, 0.1) is 12.2 Å². The summed E-state index contributed by atoms with van der Waals surface area (Å²) < 4.78 is 3.81. The number of aromatic nitrogens is 3. The normalized spacial score (nSPS) is 10.8. The van der Waals surface area contributed by atoms with Crippen LogP contribution in [0.5, 0.6) is 0 Å². The molecule has 0 aliphatic rings. The molecule has 124 valence electrons. The van der Waals surface area contributed by atoms with Gasteiger partial charge in [-0.25, -0.2) is 0 Å². The van der Waals surface area contributed by atoms with E-state index in [1.54, 1.807) is 0 Å². The Bertz CT molecular complexity index is 846. The van der Waals surface area contributed by atoms with Gasteiger partial charge >= 0.3 is 0 Å². The minimum Gasteiger partial charge on any atom is -0.347 e. The van der Waals surface area contributed by atoms with E-state index in [4.69, 9.17) is 0 Å². The molecule has 5 nitrogen and oxygen atoms in total. The smallest absolute Gasteiger partial charge is 0.268 e. The quantitative estimate of drug-likeness (QED) is 0.785. The van der Waals surface area contributed by atoms with E-state index in [0.717, 1.165) is 23.5 Å². The average Bonchev–Trinajstić information content (AvgIpc) is 3.11. The van der Waals surface area contributed by atoms with Crippen molar-refractivity contribution < 1.29 is 4.79 Å². The molecule has 1 amide bonds. The van der Waals surface area contributed by atoms with E-state index in [9.17, 15) is 4.79 Å². The van der Waals surface area contributed by atoms with E-state index in [2.05, 4.69) is 22.5 Å². The highest BCUT2D eigenvalue weighted by Gasteiger charge is 2.14. The third kappa shape index (κ3) is 3.25. The van der Waals surface area contributed by atoms with Gasteiger partial charge in [-0.15, -0.1) is 0 Å². The van der Waals surface area contributed by atoms with Crippen molar-refractivity contribution in [1.82, 2.24) is 19.7 Å². The molecule has 2 heterocycles. The van der Waals surface area contributed by atoms with Crippen LogP contribution in [0.1, 0.15) is 33.0 Å². The minimum absolute atomic E-state index is 0.0721. The number of amides is 1. The average molecular weight is 322 g/mol. The first-order chi connectivity index (χ1) is 11.6. The van der Waals surface area contributed by atoms with Gasteiger partial charge in [0, 0.05) is 31.0 Å². The number of aryl methyl sites for hydroxylation is 2. The first-order valence-corrected chi connectivity index (χ1v) is 8.02. The lowest BCUT2D eigenvalue weighted by Crippen LogP contribution is -2.25. The second kappa shape index (κ2) is 6.74. The molecule has 1 aromatic carbocycles. The Kier molecular flexibility index (Phi) is 4.51. The standard InChI is InChI=1S/C19H22N4O/c1-14-17(12-20-19(24)18-10-7-11-22(18)3)15(2)23(21-14)13-16-8-5-4-6-9-16/h4-11H,12-13H2,1-3H3,(H,20,24). The fourth-order valence-corrected chi connectivity index (χ4v) is 2.86. The van der Waals surface area contributed by atoms with Gasteiger partial charge in [-0.2, -0.15) is 5.10 Å². The Balaban J connectivity index is 1.72. The van der Waals surface area contributed by atoms with E-state index in [0.29, 0.717) is 12.2 Å². The number of benzene rings is 1. The summed E-state index contributed by atoms with van der Waals surface area (Å²) in [7, 11) is 1.86. The van der Waals surface area contributed by atoms with Crippen LogP contribution >= 0.6 is 0 Å². The number of carbonyl (C=O) groups is 1. The molecule has 3 rings (SSSR count). The van der Waals surface area contributed by atoms with E-state index in [1.165, 1.54) is 5.56 Å². The first kappa shape index (κ1) is 16.1. The Morgan fingerprint density at radius 2 is 1.88 bits per heavy atom. The van der Waals surface area contributed by atoms with Crippen LogP contribution in [0.4, 0.5) is 0 Å². The maximum Gasteiger partial charge on any atom is 0.268 e. The Hall–Kier alpha value is -2.82. The highest BCUT2D eigenvalue weighted by atomic mass is 16.1. The van der Waals surface area contributed by atoms with Gasteiger partial charge in [-0.3, -0.25) is 9.48 Å². The zero-order valence-corrected chi connectivity index (χ0v) is 14.3. The lowest BCUT2D eigenvalue weighted by molar-refractivity contribution is 0.0942. The van der Waals surface area contributed by atoms with E-state index >= 15 is 0 Å². The number of nitrogens with one attached hydrogen (secondary N) is 1. The molecule has 0 radical (unpaired) electrons. The number of carbonyl (C=O) groups excluding carboxylic acids is 1. The molecule has 0 unspecified atom stereocenters. The van der Waals surface area contributed by atoms with Crippen molar-refractivity contribution in [3.63, 3.8) is 0 Å². The fraction of sp³-hybridized carbons (Fsp3) is 0.263. The van der Waals surface area contributed by atoms with Crippen molar-refractivity contribution in [2.75, 3.05) is 0 Å². The summed E-state index contributed by atoms with van der Waals surface area (Å²) in [6.07, 6.45) is 1.86. The molecule has 2 aromatic heterocycles. The lowest BCUT2D eigenvalue weighted by atomic mass is 10.2. The predicted octanol–water partition coefficient (Wildman–Crippen LogP) is 2.82. The Labute approximate surface area is 141 Å². The van der Waals surface area contributed by atoms with Crippen LogP contribution < -0.4 is 5.32 Å². The fourth-order valence-electron chi connectivity index (χ4n) is 2.86.